The highest BCUT2D eigenvalue weighted by Gasteiger charge is 2.40. The van der Waals surface area contributed by atoms with E-state index in [4.69, 9.17) is 14.2 Å². The number of hydrogen-bond acceptors (Lipinski definition) is 5. The van der Waals surface area contributed by atoms with Crippen molar-refractivity contribution >= 4 is 10.0 Å². The minimum Gasteiger partial charge on any atom is -0.497 e. The number of ether oxygens (including phenoxy) is 3. The Balaban J connectivity index is 1.77. The van der Waals surface area contributed by atoms with Gasteiger partial charge in [-0.15, -0.1) is 0 Å². The van der Waals surface area contributed by atoms with E-state index in [9.17, 15) is 12.8 Å². The zero-order chi connectivity index (χ0) is 20.3. The van der Waals surface area contributed by atoms with E-state index in [2.05, 4.69) is 0 Å². The Morgan fingerprint density at radius 2 is 1.79 bits per heavy atom. The summed E-state index contributed by atoms with van der Waals surface area (Å²) in [4.78, 5) is 0. The third kappa shape index (κ3) is 4.70. The molecule has 0 aromatic heterocycles. The van der Waals surface area contributed by atoms with Crippen LogP contribution in [0.3, 0.4) is 0 Å². The first-order chi connectivity index (χ1) is 13.3. The molecule has 2 aromatic carbocycles. The fraction of sp³-hybridized carbons (Fsp3) is 0.400. The third-order valence-electron chi connectivity index (χ3n) is 4.71. The highest BCUT2D eigenvalue weighted by molar-refractivity contribution is 7.89. The Kier molecular flexibility index (Phi) is 6.34. The molecular weight excluding hydrogens is 385 g/mol. The largest absolute Gasteiger partial charge is 0.497 e. The molecule has 1 aliphatic rings. The maximum atomic E-state index is 14.3. The van der Waals surface area contributed by atoms with Gasteiger partial charge in [-0.25, -0.2) is 17.1 Å². The zero-order valence-corrected chi connectivity index (χ0v) is 16.9. The molecule has 0 N–H and O–H groups in total. The van der Waals surface area contributed by atoms with Crippen molar-refractivity contribution in [2.75, 3.05) is 19.9 Å². The number of nitrogens with zero attached hydrogens (tertiary/aromatic N) is 1. The Bertz CT molecular complexity index is 897. The lowest BCUT2D eigenvalue weighted by Gasteiger charge is -2.39. The quantitative estimate of drug-likeness (QED) is 0.670. The molecule has 0 bridgehead atoms. The van der Waals surface area contributed by atoms with Gasteiger partial charge in [-0.1, -0.05) is 30.3 Å². The summed E-state index contributed by atoms with van der Waals surface area (Å²) in [5.74, 6) is -0.868. The van der Waals surface area contributed by atoms with Crippen LogP contribution >= 0.6 is 0 Å². The summed E-state index contributed by atoms with van der Waals surface area (Å²) in [5.41, 5.74) is 1.08. The molecule has 1 aliphatic heterocycles. The van der Waals surface area contributed by atoms with Crippen LogP contribution in [0.1, 0.15) is 24.0 Å². The first-order valence-corrected chi connectivity index (χ1v) is 10.5. The third-order valence-corrected chi connectivity index (χ3v) is 6.57. The highest BCUT2D eigenvalue weighted by atomic mass is 32.2. The Labute approximate surface area is 164 Å². The van der Waals surface area contributed by atoms with E-state index in [1.54, 1.807) is 56.5 Å². The highest BCUT2D eigenvalue weighted by Crippen LogP contribution is 2.34. The lowest BCUT2D eigenvalue weighted by atomic mass is 9.99. The van der Waals surface area contributed by atoms with Crippen LogP contribution in [-0.2, 0) is 26.0 Å². The van der Waals surface area contributed by atoms with E-state index in [1.807, 2.05) is 0 Å². The SMILES string of the molecule is COc1ccc(CN(C)S(=O)(=O)CC(c2ccccc2F)C2OC(C)O2)cc1. The van der Waals surface area contributed by atoms with Crippen LogP contribution in [0.5, 0.6) is 5.75 Å². The lowest BCUT2D eigenvalue weighted by Crippen LogP contribution is -2.46. The molecule has 0 amide bonds. The van der Waals surface area contributed by atoms with Crippen LogP contribution in [0.2, 0.25) is 0 Å². The summed E-state index contributed by atoms with van der Waals surface area (Å²) in [6, 6.07) is 13.3. The summed E-state index contributed by atoms with van der Waals surface area (Å²) in [5, 5.41) is 0. The molecule has 3 rings (SSSR count). The number of rotatable bonds is 8. The lowest BCUT2D eigenvalue weighted by molar-refractivity contribution is -0.381. The molecule has 6 nitrogen and oxygen atoms in total. The first kappa shape index (κ1) is 20.7. The monoisotopic (exact) mass is 409 g/mol. The van der Waals surface area contributed by atoms with Crippen molar-refractivity contribution in [3.63, 3.8) is 0 Å². The van der Waals surface area contributed by atoms with Crippen LogP contribution in [0.4, 0.5) is 4.39 Å². The van der Waals surface area contributed by atoms with Gasteiger partial charge in [0.2, 0.25) is 10.0 Å². The van der Waals surface area contributed by atoms with E-state index < -0.39 is 34.3 Å². The van der Waals surface area contributed by atoms with Gasteiger partial charge in [-0.3, -0.25) is 0 Å². The van der Waals surface area contributed by atoms with Crippen LogP contribution < -0.4 is 4.74 Å². The summed E-state index contributed by atoms with van der Waals surface area (Å²) in [6.07, 6.45) is -1.23. The van der Waals surface area contributed by atoms with Crippen molar-refractivity contribution in [2.24, 2.45) is 0 Å². The molecule has 2 aromatic rings. The molecule has 1 fully saturated rings. The van der Waals surface area contributed by atoms with Crippen molar-refractivity contribution in [2.45, 2.75) is 32.0 Å². The summed E-state index contributed by atoms with van der Waals surface area (Å²) < 4.78 is 57.6. The van der Waals surface area contributed by atoms with E-state index in [0.717, 1.165) is 5.56 Å². The molecule has 1 saturated heterocycles. The Morgan fingerprint density at radius 1 is 1.14 bits per heavy atom. The van der Waals surface area contributed by atoms with Crippen LogP contribution in [0.15, 0.2) is 48.5 Å². The number of methoxy groups -OCH3 is 1. The molecule has 0 spiro atoms. The van der Waals surface area contributed by atoms with Gasteiger partial charge in [-0.05, 0) is 36.2 Å². The number of benzene rings is 2. The van der Waals surface area contributed by atoms with Gasteiger partial charge in [0.25, 0.3) is 0 Å². The second kappa shape index (κ2) is 8.57. The van der Waals surface area contributed by atoms with Crippen molar-refractivity contribution in [3.05, 3.63) is 65.5 Å². The van der Waals surface area contributed by atoms with Gasteiger partial charge >= 0.3 is 0 Å². The first-order valence-electron chi connectivity index (χ1n) is 8.92. The van der Waals surface area contributed by atoms with Crippen LogP contribution in [0.25, 0.3) is 0 Å². The van der Waals surface area contributed by atoms with Gasteiger partial charge in [0.1, 0.15) is 11.6 Å². The van der Waals surface area contributed by atoms with Crippen LogP contribution in [0, 0.1) is 5.82 Å². The summed E-state index contributed by atoms with van der Waals surface area (Å²) in [6.45, 7) is 1.90. The average Bonchev–Trinajstić information content (AvgIpc) is 2.65. The molecule has 0 saturated carbocycles. The van der Waals surface area contributed by atoms with Gasteiger partial charge in [-0.2, -0.15) is 0 Å². The number of hydrogen-bond donors (Lipinski definition) is 0. The van der Waals surface area contributed by atoms with Gasteiger partial charge < -0.3 is 14.2 Å². The minimum atomic E-state index is -3.70. The topological polar surface area (TPSA) is 65.1 Å². The molecule has 1 heterocycles. The predicted octanol–water partition coefficient (Wildman–Crippen LogP) is 3.10. The Hall–Kier alpha value is -2.00. The second-order valence-electron chi connectivity index (χ2n) is 6.72. The molecule has 152 valence electrons. The summed E-state index contributed by atoms with van der Waals surface area (Å²) >= 11 is 0. The average molecular weight is 409 g/mol. The summed E-state index contributed by atoms with van der Waals surface area (Å²) in [7, 11) is -0.629. The molecule has 1 unspecified atom stereocenters. The molecule has 0 radical (unpaired) electrons. The minimum absolute atomic E-state index is 0.194. The van der Waals surface area contributed by atoms with Gasteiger partial charge in [0.05, 0.1) is 18.8 Å². The normalized spacial score (nSPS) is 20.6. The molecule has 1 atom stereocenters. The molecule has 0 aliphatic carbocycles. The number of sulfonamides is 1. The maximum absolute atomic E-state index is 14.3. The predicted molar refractivity (Wildman–Crippen MR) is 103 cm³/mol. The maximum Gasteiger partial charge on any atom is 0.214 e. The smallest absolute Gasteiger partial charge is 0.214 e. The van der Waals surface area contributed by atoms with E-state index in [0.29, 0.717) is 5.75 Å². The second-order valence-corrected chi connectivity index (χ2v) is 8.84. The Morgan fingerprint density at radius 3 is 2.36 bits per heavy atom. The van der Waals surface area contributed by atoms with E-state index in [1.165, 1.54) is 17.4 Å². The molecular formula is C20H24FNO5S. The number of halogens is 1. The van der Waals surface area contributed by atoms with E-state index in [-0.39, 0.29) is 17.9 Å². The van der Waals surface area contributed by atoms with Gasteiger partial charge in [0, 0.05) is 13.6 Å². The van der Waals surface area contributed by atoms with Crippen molar-refractivity contribution in [1.82, 2.24) is 4.31 Å². The zero-order valence-electron chi connectivity index (χ0n) is 16.0. The van der Waals surface area contributed by atoms with Crippen molar-refractivity contribution in [1.29, 1.82) is 0 Å². The van der Waals surface area contributed by atoms with Crippen LogP contribution in [-0.4, -0.2) is 45.2 Å². The van der Waals surface area contributed by atoms with Crippen molar-refractivity contribution in [3.8, 4) is 5.75 Å². The molecule has 8 heteroatoms. The fourth-order valence-electron chi connectivity index (χ4n) is 3.11. The standard InChI is InChI=1S/C20H24FNO5S/c1-14-26-20(27-14)18(17-6-4-5-7-19(17)21)13-28(23,24)22(2)12-15-8-10-16(25-3)11-9-15/h4-11,14,18,20H,12-13H2,1-3H3. The fourth-order valence-corrected chi connectivity index (χ4v) is 4.50. The molecule has 28 heavy (non-hydrogen) atoms. The van der Waals surface area contributed by atoms with Gasteiger partial charge in [0.15, 0.2) is 12.6 Å². The van der Waals surface area contributed by atoms with E-state index >= 15 is 0 Å². The van der Waals surface area contributed by atoms with Crippen molar-refractivity contribution < 1.29 is 27.0 Å².